The Bertz CT molecular complexity index is 1100. The van der Waals surface area contributed by atoms with Crippen LogP contribution < -0.4 is 23.8 Å². The van der Waals surface area contributed by atoms with E-state index < -0.39 is 0 Å². The summed E-state index contributed by atoms with van der Waals surface area (Å²) < 4.78 is 22.3. The molecule has 0 amide bonds. The summed E-state index contributed by atoms with van der Waals surface area (Å²) in [5.74, 6) is 4.86. The lowest BCUT2D eigenvalue weighted by Gasteiger charge is -2.32. The molecule has 0 unspecified atom stereocenters. The number of anilines is 1. The van der Waals surface area contributed by atoms with E-state index in [1.807, 2.05) is 37.3 Å². The number of fused-ring (bicyclic) bond motifs is 1. The number of nitrogens with zero attached hydrogens (tertiary/aromatic N) is 3. The summed E-state index contributed by atoms with van der Waals surface area (Å²) >= 11 is 0. The molecule has 32 heavy (non-hydrogen) atoms. The van der Waals surface area contributed by atoms with E-state index in [2.05, 4.69) is 11.8 Å². The molecule has 0 aliphatic carbocycles. The molecule has 4 rings (SSSR count). The summed E-state index contributed by atoms with van der Waals surface area (Å²) in [5.41, 5.74) is 1.69. The summed E-state index contributed by atoms with van der Waals surface area (Å²) in [6.07, 6.45) is 2.38. The first kappa shape index (κ1) is 22.0. The van der Waals surface area contributed by atoms with Gasteiger partial charge in [-0.05, 0) is 49.9 Å². The molecule has 0 spiro atoms. The van der Waals surface area contributed by atoms with Crippen molar-refractivity contribution in [3.63, 3.8) is 0 Å². The van der Waals surface area contributed by atoms with Crippen LogP contribution in [0.2, 0.25) is 0 Å². The summed E-state index contributed by atoms with van der Waals surface area (Å²) in [4.78, 5) is 12.3. The van der Waals surface area contributed by atoms with Crippen molar-refractivity contribution in [2.75, 3.05) is 45.9 Å². The van der Waals surface area contributed by atoms with Gasteiger partial charge in [0.2, 0.25) is 0 Å². The first-order chi connectivity index (χ1) is 15.6. The maximum absolute atomic E-state index is 5.82. The smallest absolute Gasteiger partial charge is 0.163 e. The quantitative estimate of drug-likeness (QED) is 0.518. The molecule has 1 aliphatic heterocycles. The number of hydrogen-bond donors (Lipinski definition) is 0. The predicted octanol–water partition coefficient (Wildman–Crippen LogP) is 4.96. The molecule has 1 aliphatic rings. The Morgan fingerprint density at radius 2 is 1.69 bits per heavy atom. The number of benzene rings is 2. The fourth-order valence-electron chi connectivity index (χ4n) is 4.28. The van der Waals surface area contributed by atoms with Gasteiger partial charge in [-0.1, -0.05) is 6.92 Å². The third-order valence-corrected chi connectivity index (χ3v) is 5.86. The number of hydrogen-bond acceptors (Lipinski definition) is 7. The summed E-state index contributed by atoms with van der Waals surface area (Å²) in [5, 5.41) is 0.962. The fourth-order valence-corrected chi connectivity index (χ4v) is 4.28. The zero-order chi connectivity index (χ0) is 22.7. The zero-order valence-electron chi connectivity index (χ0n) is 19.5. The highest BCUT2D eigenvalue weighted by atomic mass is 16.5. The normalized spacial score (nSPS) is 16.2. The zero-order valence-corrected chi connectivity index (χ0v) is 19.5. The molecule has 0 bridgehead atoms. The van der Waals surface area contributed by atoms with Gasteiger partial charge in [-0.15, -0.1) is 0 Å². The van der Waals surface area contributed by atoms with Crippen molar-refractivity contribution >= 4 is 16.7 Å². The molecule has 2 heterocycles. The Hall–Kier alpha value is -3.22. The highest BCUT2D eigenvalue weighted by molar-refractivity contribution is 5.93. The molecular formula is C25H31N3O4. The molecule has 0 radical (unpaired) electrons. The lowest BCUT2D eigenvalue weighted by molar-refractivity contribution is 0.311. The highest BCUT2D eigenvalue weighted by Gasteiger charge is 2.23. The minimum absolute atomic E-state index is 0.548. The van der Waals surface area contributed by atoms with Crippen molar-refractivity contribution in [3.05, 3.63) is 30.3 Å². The molecule has 7 nitrogen and oxygen atoms in total. The molecule has 0 saturated carbocycles. The first-order valence-corrected chi connectivity index (χ1v) is 11.1. The highest BCUT2D eigenvalue weighted by Crippen LogP contribution is 2.38. The van der Waals surface area contributed by atoms with Gasteiger partial charge in [0.25, 0.3) is 0 Å². The number of methoxy groups -OCH3 is 3. The van der Waals surface area contributed by atoms with Gasteiger partial charge in [-0.2, -0.15) is 0 Å². The topological polar surface area (TPSA) is 65.9 Å². The van der Waals surface area contributed by atoms with Crippen LogP contribution in [0, 0.1) is 5.92 Å². The number of rotatable bonds is 7. The summed E-state index contributed by atoms with van der Waals surface area (Å²) in [7, 11) is 4.91. The number of ether oxygens (including phenoxy) is 4. The van der Waals surface area contributed by atoms with E-state index in [1.54, 1.807) is 21.3 Å². The fraction of sp³-hybridized carbons (Fsp3) is 0.440. The van der Waals surface area contributed by atoms with Crippen molar-refractivity contribution < 1.29 is 18.9 Å². The van der Waals surface area contributed by atoms with Crippen molar-refractivity contribution in [2.24, 2.45) is 5.92 Å². The van der Waals surface area contributed by atoms with E-state index in [9.17, 15) is 0 Å². The third kappa shape index (κ3) is 4.24. The third-order valence-electron chi connectivity index (χ3n) is 5.86. The van der Waals surface area contributed by atoms with Gasteiger partial charge in [0.05, 0.1) is 33.5 Å². The molecular weight excluding hydrogens is 406 g/mol. The van der Waals surface area contributed by atoms with Crippen LogP contribution in [-0.4, -0.2) is 51.0 Å². The van der Waals surface area contributed by atoms with Gasteiger partial charge in [0.15, 0.2) is 28.8 Å². The Morgan fingerprint density at radius 1 is 0.938 bits per heavy atom. The lowest BCUT2D eigenvalue weighted by atomic mass is 10.00. The van der Waals surface area contributed by atoms with Gasteiger partial charge < -0.3 is 23.8 Å². The summed E-state index contributed by atoms with van der Waals surface area (Å²) in [6.45, 7) is 6.73. The van der Waals surface area contributed by atoms with Crippen LogP contribution in [0.15, 0.2) is 30.3 Å². The van der Waals surface area contributed by atoms with Gasteiger partial charge in [0, 0.05) is 30.1 Å². The van der Waals surface area contributed by atoms with Crippen molar-refractivity contribution in [3.8, 4) is 34.4 Å². The molecule has 3 aromatic rings. The Kier molecular flexibility index (Phi) is 6.53. The lowest BCUT2D eigenvalue weighted by Crippen LogP contribution is -2.35. The van der Waals surface area contributed by atoms with Crippen LogP contribution in [0.1, 0.15) is 26.7 Å². The second kappa shape index (κ2) is 9.51. The largest absolute Gasteiger partial charge is 0.493 e. The van der Waals surface area contributed by atoms with Crippen LogP contribution >= 0.6 is 0 Å². The minimum atomic E-state index is 0.548. The monoisotopic (exact) mass is 437 g/mol. The molecule has 1 fully saturated rings. The van der Waals surface area contributed by atoms with Crippen molar-refractivity contribution in [1.29, 1.82) is 0 Å². The van der Waals surface area contributed by atoms with Gasteiger partial charge in [-0.3, -0.25) is 0 Å². The van der Waals surface area contributed by atoms with Crippen molar-refractivity contribution in [2.45, 2.75) is 26.7 Å². The molecule has 1 saturated heterocycles. The molecule has 170 valence electrons. The van der Waals surface area contributed by atoms with Crippen LogP contribution in [0.25, 0.3) is 22.3 Å². The molecule has 2 aromatic carbocycles. The second-order valence-corrected chi connectivity index (χ2v) is 8.09. The maximum atomic E-state index is 5.82. The van der Waals surface area contributed by atoms with E-state index in [0.717, 1.165) is 41.8 Å². The number of piperidine rings is 1. The SMILES string of the molecule is CCOc1cc2nc(-c3ccc(OC)c(OC)c3)nc(N3CCC[C@@H](C)C3)c2cc1OC. The Balaban J connectivity index is 1.92. The Morgan fingerprint density at radius 3 is 2.38 bits per heavy atom. The van der Waals surface area contributed by atoms with E-state index >= 15 is 0 Å². The van der Waals surface area contributed by atoms with Crippen LogP contribution in [0.5, 0.6) is 23.0 Å². The van der Waals surface area contributed by atoms with Crippen LogP contribution in [0.4, 0.5) is 5.82 Å². The van der Waals surface area contributed by atoms with Crippen molar-refractivity contribution in [1.82, 2.24) is 9.97 Å². The Labute approximate surface area is 189 Å². The minimum Gasteiger partial charge on any atom is -0.493 e. The van der Waals surface area contributed by atoms with E-state index in [4.69, 9.17) is 28.9 Å². The standard InChI is InChI=1S/C25H31N3O4/c1-6-32-23-14-19-18(13-22(23)31-5)25(28-11-7-8-16(2)15-28)27-24(26-19)17-9-10-20(29-3)21(12-17)30-4/h9-10,12-14,16H,6-8,11,15H2,1-5H3/t16-/m1/s1. The average molecular weight is 438 g/mol. The molecule has 1 aromatic heterocycles. The van der Waals surface area contributed by atoms with Crippen LogP contribution in [0.3, 0.4) is 0 Å². The average Bonchev–Trinajstić information content (AvgIpc) is 2.82. The second-order valence-electron chi connectivity index (χ2n) is 8.09. The van der Waals surface area contributed by atoms with E-state index in [0.29, 0.717) is 41.3 Å². The maximum Gasteiger partial charge on any atom is 0.163 e. The first-order valence-electron chi connectivity index (χ1n) is 11.1. The summed E-state index contributed by atoms with van der Waals surface area (Å²) in [6, 6.07) is 9.69. The number of aromatic nitrogens is 2. The van der Waals surface area contributed by atoms with Gasteiger partial charge >= 0.3 is 0 Å². The predicted molar refractivity (Wildman–Crippen MR) is 126 cm³/mol. The van der Waals surface area contributed by atoms with E-state index in [-0.39, 0.29) is 0 Å². The molecule has 1 atom stereocenters. The van der Waals surface area contributed by atoms with E-state index in [1.165, 1.54) is 6.42 Å². The molecule has 7 heteroatoms. The molecule has 0 N–H and O–H groups in total. The van der Waals surface area contributed by atoms with Crippen LogP contribution in [-0.2, 0) is 0 Å². The van der Waals surface area contributed by atoms with Gasteiger partial charge in [-0.25, -0.2) is 9.97 Å². The van der Waals surface area contributed by atoms with Gasteiger partial charge in [0.1, 0.15) is 5.82 Å².